The monoisotopic (exact) mass is 210 g/mol. The molecule has 0 spiro atoms. The zero-order valence-corrected chi connectivity index (χ0v) is 7.29. The number of hydrogen-bond acceptors (Lipinski definition) is 1. The molecular formula is C8H6F4S. The normalized spacial score (nSPS) is 11.8. The van der Waals surface area contributed by atoms with Crippen LogP contribution in [0.15, 0.2) is 18.2 Å². The number of halogens is 4. The highest BCUT2D eigenvalue weighted by atomic mass is 32.1. The second-order valence-electron chi connectivity index (χ2n) is 2.50. The molecule has 0 fully saturated rings. The molecule has 0 aromatic heterocycles. The van der Waals surface area contributed by atoms with E-state index in [1.165, 1.54) is 0 Å². The summed E-state index contributed by atoms with van der Waals surface area (Å²) in [6.07, 6.45) is -4.50. The first-order valence-electron chi connectivity index (χ1n) is 3.41. The van der Waals surface area contributed by atoms with E-state index in [4.69, 9.17) is 0 Å². The van der Waals surface area contributed by atoms with Gasteiger partial charge in [0.15, 0.2) is 0 Å². The van der Waals surface area contributed by atoms with Crippen molar-refractivity contribution >= 4 is 12.6 Å². The molecule has 0 nitrogen and oxygen atoms in total. The summed E-state index contributed by atoms with van der Waals surface area (Å²) in [6, 6.07) is 2.38. The largest absolute Gasteiger partial charge is 0.416 e. The molecule has 0 aliphatic carbocycles. The van der Waals surface area contributed by atoms with Gasteiger partial charge in [0.25, 0.3) is 0 Å². The molecule has 1 aromatic rings. The van der Waals surface area contributed by atoms with Gasteiger partial charge in [0.1, 0.15) is 5.82 Å². The second kappa shape index (κ2) is 3.57. The molecule has 1 rings (SSSR count). The number of alkyl halides is 3. The molecule has 72 valence electrons. The first-order valence-corrected chi connectivity index (χ1v) is 4.04. The van der Waals surface area contributed by atoms with Gasteiger partial charge < -0.3 is 0 Å². The standard InChI is InChI=1S/C8H6F4S/c9-7-2-5(4-13)1-6(3-7)8(10,11)12/h1-3,13H,4H2. The van der Waals surface area contributed by atoms with Gasteiger partial charge in [-0.1, -0.05) is 0 Å². The predicted octanol–water partition coefficient (Wildman–Crippen LogP) is 3.27. The van der Waals surface area contributed by atoms with Crippen molar-refractivity contribution in [1.82, 2.24) is 0 Å². The average molecular weight is 210 g/mol. The van der Waals surface area contributed by atoms with Crippen molar-refractivity contribution < 1.29 is 17.6 Å². The summed E-state index contributed by atoms with van der Waals surface area (Å²) in [5.74, 6) is -0.806. The Morgan fingerprint density at radius 3 is 2.23 bits per heavy atom. The Morgan fingerprint density at radius 1 is 1.15 bits per heavy atom. The van der Waals surface area contributed by atoms with Crippen molar-refractivity contribution in [2.45, 2.75) is 11.9 Å². The minimum Gasteiger partial charge on any atom is -0.207 e. The van der Waals surface area contributed by atoms with E-state index < -0.39 is 17.6 Å². The van der Waals surface area contributed by atoms with Crippen molar-refractivity contribution in [1.29, 1.82) is 0 Å². The first kappa shape index (κ1) is 10.4. The van der Waals surface area contributed by atoms with Gasteiger partial charge in [-0.25, -0.2) is 4.39 Å². The molecule has 0 radical (unpaired) electrons. The molecule has 0 N–H and O–H groups in total. The summed E-state index contributed by atoms with van der Waals surface area (Å²) >= 11 is 3.77. The van der Waals surface area contributed by atoms with Crippen molar-refractivity contribution in [3.8, 4) is 0 Å². The Bertz CT molecular complexity index is 306. The third-order valence-electron chi connectivity index (χ3n) is 1.47. The van der Waals surface area contributed by atoms with Crippen LogP contribution < -0.4 is 0 Å². The van der Waals surface area contributed by atoms with Crippen LogP contribution >= 0.6 is 12.6 Å². The molecule has 0 bridgehead atoms. The van der Waals surface area contributed by atoms with Crippen LogP contribution in [0.4, 0.5) is 17.6 Å². The molecule has 0 atom stereocenters. The molecule has 0 aliphatic heterocycles. The summed E-state index contributed by atoms with van der Waals surface area (Å²) < 4.78 is 48.9. The van der Waals surface area contributed by atoms with Gasteiger partial charge in [0, 0.05) is 5.75 Å². The van der Waals surface area contributed by atoms with Crippen LogP contribution in [0.3, 0.4) is 0 Å². The molecule has 0 saturated heterocycles. The zero-order valence-electron chi connectivity index (χ0n) is 6.40. The summed E-state index contributed by atoms with van der Waals surface area (Å²) in [5.41, 5.74) is -0.757. The summed E-state index contributed by atoms with van der Waals surface area (Å²) in [5, 5.41) is 0. The number of benzene rings is 1. The Kier molecular flexibility index (Phi) is 2.85. The molecule has 0 aliphatic rings. The van der Waals surface area contributed by atoms with Gasteiger partial charge in [-0.15, -0.1) is 0 Å². The molecule has 0 heterocycles. The highest BCUT2D eigenvalue weighted by Crippen LogP contribution is 2.30. The van der Waals surface area contributed by atoms with E-state index in [-0.39, 0.29) is 11.3 Å². The maximum Gasteiger partial charge on any atom is 0.416 e. The predicted molar refractivity (Wildman–Crippen MR) is 44.1 cm³/mol. The number of rotatable bonds is 1. The highest BCUT2D eigenvalue weighted by Gasteiger charge is 2.31. The van der Waals surface area contributed by atoms with Gasteiger partial charge in [0.05, 0.1) is 5.56 Å². The Labute approximate surface area is 78.0 Å². The molecule has 0 saturated carbocycles. The second-order valence-corrected chi connectivity index (χ2v) is 2.82. The van der Waals surface area contributed by atoms with Crippen molar-refractivity contribution in [3.63, 3.8) is 0 Å². The highest BCUT2D eigenvalue weighted by molar-refractivity contribution is 7.79. The third-order valence-corrected chi connectivity index (χ3v) is 1.83. The van der Waals surface area contributed by atoms with E-state index in [2.05, 4.69) is 12.6 Å². The van der Waals surface area contributed by atoms with Crippen molar-refractivity contribution in [2.24, 2.45) is 0 Å². The van der Waals surface area contributed by atoms with E-state index in [1.54, 1.807) is 0 Å². The Balaban J connectivity index is 3.16. The van der Waals surface area contributed by atoms with E-state index in [0.29, 0.717) is 6.07 Å². The van der Waals surface area contributed by atoms with Gasteiger partial charge in [-0.3, -0.25) is 0 Å². The van der Waals surface area contributed by atoms with E-state index in [9.17, 15) is 17.6 Å². The van der Waals surface area contributed by atoms with Gasteiger partial charge >= 0.3 is 6.18 Å². The molecule has 0 amide bonds. The molecule has 1 aromatic carbocycles. The minimum atomic E-state index is -4.50. The molecular weight excluding hydrogens is 204 g/mol. The maximum atomic E-state index is 12.6. The van der Waals surface area contributed by atoms with Crippen LogP contribution in [0.5, 0.6) is 0 Å². The topological polar surface area (TPSA) is 0 Å². The summed E-state index contributed by atoms with van der Waals surface area (Å²) in [4.78, 5) is 0. The lowest BCUT2D eigenvalue weighted by Crippen LogP contribution is -2.06. The fourth-order valence-electron chi connectivity index (χ4n) is 0.905. The SMILES string of the molecule is Fc1cc(CS)cc(C(F)(F)F)c1. The van der Waals surface area contributed by atoms with Gasteiger partial charge in [-0.05, 0) is 23.8 Å². The van der Waals surface area contributed by atoms with Crippen LogP contribution in [0, 0.1) is 5.82 Å². The van der Waals surface area contributed by atoms with E-state index in [1.807, 2.05) is 0 Å². The fraction of sp³-hybridized carbons (Fsp3) is 0.250. The smallest absolute Gasteiger partial charge is 0.207 e. The van der Waals surface area contributed by atoms with Crippen LogP contribution in [0.25, 0.3) is 0 Å². The van der Waals surface area contributed by atoms with Crippen LogP contribution in [0.2, 0.25) is 0 Å². The average Bonchev–Trinajstić information content (AvgIpc) is 2.01. The van der Waals surface area contributed by atoms with Gasteiger partial charge in [-0.2, -0.15) is 25.8 Å². The summed E-state index contributed by atoms with van der Waals surface area (Å²) in [6.45, 7) is 0. The minimum absolute atomic E-state index is 0.0842. The van der Waals surface area contributed by atoms with E-state index in [0.717, 1.165) is 12.1 Å². The van der Waals surface area contributed by atoms with Crippen LogP contribution in [-0.4, -0.2) is 0 Å². The lowest BCUT2D eigenvalue weighted by atomic mass is 10.1. The van der Waals surface area contributed by atoms with Crippen LogP contribution in [-0.2, 0) is 11.9 Å². The molecule has 13 heavy (non-hydrogen) atoms. The van der Waals surface area contributed by atoms with Crippen molar-refractivity contribution in [2.75, 3.05) is 0 Å². The zero-order chi connectivity index (χ0) is 10.1. The van der Waals surface area contributed by atoms with Crippen molar-refractivity contribution in [3.05, 3.63) is 35.1 Å². The first-order chi connectivity index (χ1) is 5.93. The van der Waals surface area contributed by atoms with E-state index >= 15 is 0 Å². The maximum absolute atomic E-state index is 12.6. The molecule has 5 heteroatoms. The lowest BCUT2D eigenvalue weighted by molar-refractivity contribution is -0.137. The fourth-order valence-corrected chi connectivity index (χ4v) is 1.09. The Hall–Kier alpha value is -0.710. The van der Waals surface area contributed by atoms with Crippen LogP contribution in [0.1, 0.15) is 11.1 Å². The third kappa shape index (κ3) is 2.62. The lowest BCUT2D eigenvalue weighted by Gasteiger charge is -2.07. The Morgan fingerprint density at radius 2 is 1.77 bits per heavy atom. The summed E-state index contributed by atoms with van der Waals surface area (Å²) in [7, 11) is 0. The van der Waals surface area contributed by atoms with Gasteiger partial charge in [0.2, 0.25) is 0 Å². The molecule has 0 unspecified atom stereocenters. The quantitative estimate of drug-likeness (QED) is 0.533. The number of thiol groups is 1. The number of hydrogen-bond donors (Lipinski definition) is 1.